The van der Waals surface area contributed by atoms with Gasteiger partial charge in [0.15, 0.2) is 0 Å². The van der Waals surface area contributed by atoms with E-state index in [0.29, 0.717) is 27.8 Å². The second kappa shape index (κ2) is 5.24. The monoisotopic (exact) mass is 311 g/mol. The predicted octanol–water partition coefficient (Wildman–Crippen LogP) is 4.66. The first kappa shape index (κ1) is 13.7. The summed E-state index contributed by atoms with van der Waals surface area (Å²) in [5.41, 5.74) is 7.50. The highest BCUT2D eigenvalue weighted by Gasteiger charge is 2.30. The lowest BCUT2D eigenvalue weighted by Gasteiger charge is -2.31. The van der Waals surface area contributed by atoms with E-state index >= 15 is 0 Å². The zero-order valence-corrected chi connectivity index (χ0v) is 12.0. The minimum absolute atomic E-state index is 0.313. The highest BCUT2D eigenvalue weighted by Crippen LogP contribution is 2.43. The maximum atomic E-state index is 13.3. The van der Waals surface area contributed by atoms with Gasteiger partial charge in [0.2, 0.25) is 0 Å². The van der Waals surface area contributed by atoms with Gasteiger partial charge in [-0.15, -0.1) is 0 Å². The molecule has 0 aromatic heterocycles. The molecule has 5 heteroatoms. The van der Waals surface area contributed by atoms with Crippen LogP contribution in [0.1, 0.15) is 29.7 Å². The Morgan fingerprint density at radius 2 is 1.85 bits per heavy atom. The molecule has 2 aromatic carbocycles. The Hall–Kier alpha value is -1.29. The zero-order chi connectivity index (χ0) is 14.3. The maximum absolute atomic E-state index is 13.3. The van der Waals surface area contributed by atoms with Gasteiger partial charge < -0.3 is 10.5 Å². The third-order valence-corrected chi connectivity index (χ3v) is 4.09. The number of hydrogen-bond acceptors (Lipinski definition) is 2. The molecular weight excluding hydrogens is 300 g/mol. The van der Waals surface area contributed by atoms with Crippen molar-refractivity contribution in [2.45, 2.75) is 18.6 Å². The SMILES string of the molecule is N[C@@H]1CC(c2c(Cl)cccc2Cl)Oc2ccc(F)cc21. The molecule has 0 bridgehead atoms. The van der Waals surface area contributed by atoms with Crippen LogP contribution in [0, 0.1) is 5.82 Å². The molecular formula is C15H12Cl2FNO. The van der Waals surface area contributed by atoms with Gasteiger partial charge >= 0.3 is 0 Å². The van der Waals surface area contributed by atoms with Gasteiger partial charge in [0.1, 0.15) is 17.7 Å². The van der Waals surface area contributed by atoms with E-state index in [2.05, 4.69) is 0 Å². The normalized spacial score (nSPS) is 21.2. The van der Waals surface area contributed by atoms with E-state index in [1.807, 2.05) is 0 Å². The van der Waals surface area contributed by atoms with Crippen molar-refractivity contribution < 1.29 is 9.13 Å². The first-order valence-electron chi connectivity index (χ1n) is 6.22. The van der Waals surface area contributed by atoms with Crippen molar-refractivity contribution >= 4 is 23.2 Å². The fraction of sp³-hybridized carbons (Fsp3) is 0.200. The molecule has 3 rings (SSSR count). The maximum Gasteiger partial charge on any atom is 0.128 e. The van der Waals surface area contributed by atoms with Gasteiger partial charge in [-0.2, -0.15) is 0 Å². The molecule has 1 aliphatic rings. The van der Waals surface area contributed by atoms with Crippen molar-refractivity contribution in [1.82, 2.24) is 0 Å². The third kappa shape index (κ3) is 2.37. The molecule has 0 fully saturated rings. The molecule has 0 spiro atoms. The van der Waals surface area contributed by atoms with Crippen molar-refractivity contribution in [2.24, 2.45) is 5.73 Å². The van der Waals surface area contributed by atoms with Crippen molar-refractivity contribution in [2.75, 3.05) is 0 Å². The predicted molar refractivity (Wildman–Crippen MR) is 77.8 cm³/mol. The lowest BCUT2D eigenvalue weighted by atomic mass is 9.93. The molecule has 0 aliphatic carbocycles. The largest absolute Gasteiger partial charge is 0.485 e. The van der Waals surface area contributed by atoms with E-state index in [0.717, 1.165) is 5.56 Å². The second-order valence-electron chi connectivity index (χ2n) is 4.77. The molecule has 0 saturated carbocycles. The summed E-state index contributed by atoms with van der Waals surface area (Å²) in [6, 6.07) is 9.33. The lowest BCUT2D eigenvalue weighted by Crippen LogP contribution is -2.24. The molecule has 0 radical (unpaired) electrons. The van der Waals surface area contributed by atoms with Crippen LogP contribution in [0.3, 0.4) is 0 Å². The molecule has 20 heavy (non-hydrogen) atoms. The van der Waals surface area contributed by atoms with E-state index in [1.165, 1.54) is 12.1 Å². The summed E-state index contributed by atoms with van der Waals surface area (Å²) in [5.74, 6) is 0.253. The van der Waals surface area contributed by atoms with Gasteiger partial charge in [-0.05, 0) is 30.3 Å². The first-order valence-corrected chi connectivity index (χ1v) is 6.97. The van der Waals surface area contributed by atoms with Crippen LogP contribution < -0.4 is 10.5 Å². The Kier molecular flexibility index (Phi) is 3.59. The Labute approximate surface area is 126 Å². The number of benzene rings is 2. The minimum Gasteiger partial charge on any atom is -0.485 e. The summed E-state index contributed by atoms with van der Waals surface area (Å²) in [5, 5.41) is 1.08. The molecule has 2 atom stereocenters. The average Bonchev–Trinajstić information content (AvgIpc) is 2.39. The summed E-state index contributed by atoms with van der Waals surface area (Å²) < 4.78 is 19.2. The fourth-order valence-electron chi connectivity index (χ4n) is 2.47. The summed E-state index contributed by atoms with van der Waals surface area (Å²) in [6.07, 6.45) is 0.170. The smallest absolute Gasteiger partial charge is 0.128 e. The Balaban J connectivity index is 2.01. The van der Waals surface area contributed by atoms with Gasteiger partial charge in [-0.1, -0.05) is 29.3 Å². The van der Waals surface area contributed by atoms with Crippen LogP contribution in [0.15, 0.2) is 36.4 Å². The molecule has 0 saturated heterocycles. The molecule has 2 aromatic rings. The van der Waals surface area contributed by atoms with Gasteiger partial charge in [0.05, 0.1) is 0 Å². The van der Waals surface area contributed by atoms with E-state index in [-0.39, 0.29) is 18.0 Å². The second-order valence-corrected chi connectivity index (χ2v) is 5.58. The van der Waals surface area contributed by atoms with Crippen LogP contribution in [-0.2, 0) is 0 Å². The van der Waals surface area contributed by atoms with E-state index < -0.39 is 0 Å². The summed E-state index contributed by atoms with van der Waals surface area (Å²) in [7, 11) is 0. The van der Waals surface area contributed by atoms with E-state index in [4.69, 9.17) is 33.7 Å². The van der Waals surface area contributed by atoms with Crippen LogP contribution in [-0.4, -0.2) is 0 Å². The summed E-state index contributed by atoms with van der Waals surface area (Å²) in [4.78, 5) is 0. The highest BCUT2D eigenvalue weighted by molar-refractivity contribution is 6.36. The number of ether oxygens (including phenoxy) is 1. The Morgan fingerprint density at radius 3 is 2.55 bits per heavy atom. The number of hydrogen-bond donors (Lipinski definition) is 1. The highest BCUT2D eigenvalue weighted by atomic mass is 35.5. The standard InChI is InChI=1S/C15H12Cl2FNO/c16-10-2-1-3-11(17)15(10)14-7-12(19)9-6-8(18)4-5-13(9)20-14/h1-6,12,14H,7,19H2/t12-,14?/m1/s1. The number of rotatable bonds is 1. The third-order valence-electron chi connectivity index (χ3n) is 3.43. The first-order chi connectivity index (χ1) is 9.56. The number of halogens is 3. The Morgan fingerprint density at radius 1 is 1.15 bits per heavy atom. The minimum atomic E-state index is -0.329. The van der Waals surface area contributed by atoms with Crippen molar-refractivity contribution in [3.63, 3.8) is 0 Å². The quantitative estimate of drug-likeness (QED) is 0.831. The van der Waals surface area contributed by atoms with E-state index in [9.17, 15) is 4.39 Å². The van der Waals surface area contributed by atoms with Crippen molar-refractivity contribution in [3.8, 4) is 5.75 Å². The van der Waals surface area contributed by atoms with Crippen LogP contribution in [0.2, 0.25) is 10.0 Å². The van der Waals surface area contributed by atoms with Crippen molar-refractivity contribution in [3.05, 3.63) is 63.4 Å². The molecule has 0 amide bonds. The van der Waals surface area contributed by atoms with E-state index in [1.54, 1.807) is 24.3 Å². The number of fused-ring (bicyclic) bond motifs is 1. The van der Waals surface area contributed by atoms with Gasteiger partial charge in [-0.3, -0.25) is 0 Å². The fourth-order valence-corrected chi connectivity index (χ4v) is 3.11. The average molecular weight is 312 g/mol. The van der Waals surface area contributed by atoms with Crippen LogP contribution in [0.4, 0.5) is 4.39 Å². The summed E-state index contributed by atoms with van der Waals surface area (Å²) in [6.45, 7) is 0. The van der Waals surface area contributed by atoms with Crippen molar-refractivity contribution in [1.29, 1.82) is 0 Å². The van der Waals surface area contributed by atoms with Crippen LogP contribution >= 0.6 is 23.2 Å². The van der Waals surface area contributed by atoms with Gasteiger partial charge in [0.25, 0.3) is 0 Å². The number of nitrogens with two attached hydrogens (primary N) is 1. The molecule has 1 heterocycles. The lowest BCUT2D eigenvalue weighted by molar-refractivity contribution is 0.161. The molecule has 2 N–H and O–H groups in total. The molecule has 104 valence electrons. The van der Waals surface area contributed by atoms with Gasteiger partial charge in [0, 0.05) is 33.6 Å². The topological polar surface area (TPSA) is 35.2 Å². The molecule has 1 aliphatic heterocycles. The van der Waals surface area contributed by atoms with Crippen LogP contribution in [0.25, 0.3) is 0 Å². The zero-order valence-electron chi connectivity index (χ0n) is 10.4. The van der Waals surface area contributed by atoms with Gasteiger partial charge in [-0.25, -0.2) is 4.39 Å². The van der Waals surface area contributed by atoms with Crippen LogP contribution in [0.5, 0.6) is 5.75 Å². The molecule has 1 unspecified atom stereocenters. The molecule has 2 nitrogen and oxygen atoms in total. The summed E-state index contributed by atoms with van der Waals surface area (Å²) >= 11 is 12.4. The Bertz CT molecular complexity index is 642.